The molecule has 0 aliphatic carbocycles. The molecule has 2 heterocycles. The van der Waals surface area contributed by atoms with Gasteiger partial charge in [0.25, 0.3) is 0 Å². The summed E-state index contributed by atoms with van der Waals surface area (Å²) in [6.45, 7) is 1.08. The minimum atomic E-state index is 0.383. The zero-order valence-electron chi connectivity index (χ0n) is 9.60. The highest BCUT2D eigenvalue weighted by atomic mass is 16.5. The Morgan fingerprint density at radius 1 is 1.22 bits per heavy atom. The van der Waals surface area contributed by atoms with E-state index in [4.69, 9.17) is 4.74 Å². The Morgan fingerprint density at radius 3 is 3.06 bits per heavy atom. The van der Waals surface area contributed by atoms with Crippen LogP contribution < -0.4 is 4.74 Å². The Morgan fingerprint density at radius 2 is 2.17 bits per heavy atom. The average molecular weight is 241 g/mol. The molecule has 0 saturated heterocycles. The highest BCUT2D eigenvalue weighted by Gasteiger charge is 2.00. The van der Waals surface area contributed by atoms with Crippen LogP contribution in [0, 0.1) is 0 Å². The van der Waals surface area contributed by atoms with Gasteiger partial charge in [0.1, 0.15) is 6.61 Å². The molecule has 0 fully saturated rings. The van der Waals surface area contributed by atoms with Gasteiger partial charge in [-0.25, -0.2) is 9.67 Å². The third kappa shape index (κ3) is 2.27. The molecule has 0 aliphatic heterocycles. The zero-order chi connectivity index (χ0) is 12.2. The number of rotatable bonds is 4. The molecule has 18 heavy (non-hydrogen) atoms. The number of hydrogen-bond donors (Lipinski definition) is 0. The maximum atomic E-state index is 5.48. The molecule has 2 aromatic heterocycles. The second kappa shape index (κ2) is 4.79. The standard InChI is InChI=1S/C12H11N5O/c1-2-4-11-10(3-1)9-13-12(15-11)18-8-7-17-6-5-14-16-17/h1-6,9H,7-8H2. The first-order valence-electron chi connectivity index (χ1n) is 5.60. The normalized spacial score (nSPS) is 10.7. The molecule has 0 amide bonds. The molecule has 90 valence electrons. The van der Waals surface area contributed by atoms with Crippen LogP contribution in [-0.4, -0.2) is 31.6 Å². The van der Waals surface area contributed by atoms with E-state index in [0.717, 1.165) is 10.9 Å². The first kappa shape index (κ1) is 10.6. The second-order valence-corrected chi connectivity index (χ2v) is 3.73. The first-order valence-corrected chi connectivity index (χ1v) is 5.60. The molecule has 0 N–H and O–H groups in total. The molecular weight excluding hydrogens is 230 g/mol. The van der Waals surface area contributed by atoms with Crippen LogP contribution in [0.4, 0.5) is 0 Å². The number of nitrogens with zero attached hydrogens (tertiary/aromatic N) is 5. The fourth-order valence-corrected chi connectivity index (χ4v) is 1.61. The summed E-state index contributed by atoms with van der Waals surface area (Å²) in [7, 11) is 0. The number of aromatic nitrogens is 5. The zero-order valence-corrected chi connectivity index (χ0v) is 9.60. The second-order valence-electron chi connectivity index (χ2n) is 3.73. The van der Waals surface area contributed by atoms with Crippen molar-refractivity contribution in [3.05, 3.63) is 42.9 Å². The van der Waals surface area contributed by atoms with Crippen LogP contribution in [0.3, 0.4) is 0 Å². The molecule has 0 saturated carbocycles. The van der Waals surface area contributed by atoms with Crippen molar-refractivity contribution in [2.45, 2.75) is 6.54 Å². The van der Waals surface area contributed by atoms with E-state index >= 15 is 0 Å². The van der Waals surface area contributed by atoms with Gasteiger partial charge in [0.2, 0.25) is 0 Å². The summed E-state index contributed by atoms with van der Waals surface area (Å²) in [5.41, 5.74) is 0.878. The molecular formula is C12H11N5O. The molecule has 0 radical (unpaired) electrons. The van der Waals surface area contributed by atoms with E-state index in [1.165, 1.54) is 0 Å². The van der Waals surface area contributed by atoms with Crippen molar-refractivity contribution in [1.29, 1.82) is 0 Å². The lowest BCUT2D eigenvalue weighted by Gasteiger charge is -2.04. The number of ether oxygens (including phenoxy) is 1. The van der Waals surface area contributed by atoms with Crippen LogP contribution in [0.25, 0.3) is 10.9 Å². The predicted molar refractivity (Wildman–Crippen MR) is 65.1 cm³/mol. The fraction of sp³-hybridized carbons (Fsp3) is 0.167. The first-order chi connectivity index (χ1) is 8.92. The minimum absolute atomic E-state index is 0.383. The Bertz CT molecular complexity index is 638. The molecule has 0 spiro atoms. The molecule has 0 bridgehead atoms. The van der Waals surface area contributed by atoms with Gasteiger partial charge in [-0.15, -0.1) is 5.10 Å². The molecule has 0 atom stereocenters. The van der Waals surface area contributed by atoms with Crippen LogP contribution in [0.15, 0.2) is 42.9 Å². The minimum Gasteiger partial charge on any atom is -0.461 e. The topological polar surface area (TPSA) is 65.7 Å². The van der Waals surface area contributed by atoms with Crippen LogP contribution in [0.1, 0.15) is 0 Å². The van der Waals surface area contributed by atoms with Crippen LogP contribution in [0.5, 0.6) is 6.01 Å². The van der Waals surface area contributed by atoms with Gasteiger partial charge in [0.05, 0.1) is 18.3 Å². The summed E-state index contributed by atoms with van der Waals surface area (Å²) in [6, 6.07) is 8.18. The van der Waals surface area contributed by atoms with E-state index in [1.54, 1.807) is 23.3 Å². The lowest BCUT2D eigenvalue weighted by atomic mass is 10.2. The average Bonchev–Trinajstić information content (AvgIpc) is 2.92. The van der Waals surface area contributed by atoms with Crippen molar-refractivity contribution < 1.29 is 4.74 Å². The summed E-state index contributed by atoms with van der Waals surface area (Å²) in [6.07, 6.45) is 5.17. The number of fused-ring (bicyclic) bond motifs is 1. The van der Waals surface area contributed by atoms with Gasteiger partial charge in [0, 0.05) is 17.8 Å². The fourth-order valence-electron chi connectivity index (χ4n) is 1.61. The highest BCUT2D eigenvalue weighted by Crippen LogP contribution is 2.12. The maximum Gasteiger partial charge on any atom is 0.316 e. The third-order valence-electron chi connectivity index (χ3n) is 2.49. The van der Waals surface area contributed by atoms with Gasteiger partial charge in [-0.05, 0) is 6.07 Å². The Balaban J connectivity index is 1.67. The molecule has 0 aliphatic rings. The quantitative estimate of drug-likeness (QED) is 0.688. The summed E-state index contributed by atoms with van der Waals surface area (Å²) >= 11 is 0. The highest BCUT2D eigenvalue weighted by molar-refractivity contribution is 5.77. The van der Waals surface area contributed by atoms with E-state index in [0.29, 0.717) is 19.2 Å². The van der Waals surface area contributed by atoms with Crippen LogP contribution in [0.2, 0.25) is 0 Å². The van der Waals surface area contributed by atoms with Gasteiger partial charge < -0.3 is 4.74 Å². The molecule has 6 heteroatoms. The van der Waals surface area contributed by atoms with E-state index in [2.05, 4.69) is 20.3 Å². The Kier molecular flexibility index (Phi) is 2.83. The Hall–Kier alpha value is -2.50. The molecule has 3 aromatic rings. The largest absolute Gasteiger partial charge is 0.461 e. The predicted octanol–water partition coefficient (Wildman–Crippen LogP) is 1.30. The third-order valence-corrected chi connectivity index (χ3v) is 2.49. The lowest BCUT2D eigenvalue weighted by Crippen LogP contribution is -2.10. The van der Waals surface area contributed by atoms with Crippen molar-refractivity contribution >= 4 is 10.9 Å². The van der Waals surface area contributed by atoms with Gasteiger partial charge >= 0.3 is 6.01 Å². The van der Waals surface area contributed by atoms with Crippen LogP contribution >= 0.6 is 0 Å². The van der Waals surface area contributed by atoms with Crippen molar-refractivity contribution in [1.82, 2.24) is 25.0 Å². The summed E-state index contributed by atoms with van der Waals surface area (Å²) in [5, 5.41) is 8.56. The molecule has 6 nitrogen and oxygen atoms in total. The monoisotopic (exact) mass is 241 g/mol. The van der Waals surface area contributed by atoms with Gasteiger partial charge in [-0.3, -0.25) is 0 Å². The summed E-state index contributed by atoms with van der Waals surface area (Å²) < 4.78 is 7.17. The number of hydrogen-bond acceptors (Lipinski definition) is 5. The lowest BCUT2D eigenvalue weighted by molar-refractivity contribution is 0.269. The van der Waals surface area contributed by atoms with E-state index < -0.39 is 0 Å². The van der Waals surface area contributed by atoms with Crippen LogP contribution in [-0.2, 0) is 6.54 Å². The maximum absolute atomic E-state index is 5.48. The molecule has 3 rings (SSSR count). The van der Waals surface area contributed by atoms with Crippen molar-refractivity contribution in [2.24, 2.45) is 0 Å². The van der Waals surface area contributed by atoms with Gasteiger partial charge in [-0.1, -0.05) is 23.4 Å². The summed E-state index contributed by atoms with van der Waals surface area (Å²) in [4.78, 5) is 8.46. The molecule has 1 aromatic carbocycles. The smallest absolute Gasteiger partial charge is 0.316 e. The number of benzene rings is 1. The van der Waals surface area contributed by atoms with Crippen molar-refractivity contribution in [3.8, 4) is 6.01 Å². The number of para-hydroxylation sites is 1. The Labute approximate surface area is 103 Å². The van der Waals surface area contributed by atoms with E-state index in [9.17, 15) is 0 Å². The van der Waals surface area contributed by atoms with Gasteiger partial charge in [-0.2, -0.15) is 4.98 Å². The van der Waals surface area contributed by atoms with Crippen molar-refractivity contribution in [3.63, 3.8) is 0 Å². The summed E-state index contributed by atoms with van der Waals surface area (Å²) in [5.74, 6) is 0. The van der Waals surface area contributed by atoms with E-state index in [1.807, 2.05) is 24.3 Å². The van der Waals surface area contributed by atoms with E-state index in [-0.39, 0.29) is 0 Å². The molecule has 0 unspecified atom stereocenters. The SMILES string of the molecule is c1ccc2nc(OCCn3ccnn3)ncc2c1. The van der Waals surface area contributed by atoms with Gasteiger partial charge in [0.15, 0.2) is 0 Å². The van der Waals surface area contributed by atoms with Crippen molar-refractivity contribution in [2.75, 3.05) is 6.61 Å².